The first-order valence-corrected chi connectivity index (χ1v) is 7.21. The molecule has 1 heterocycles. The molecule has 0 unspecified atom stereocenters. The third-order valence-electron chi connectivity index (χ3n) is 2.67. The lowest BCUT2D eigenvalue weighted by atomic mass is 10.3. The summed E-state index contributed by atoms with van der Waals surface area (Å²) in [6.45, 7) is 0.954. The van der Waals surface area contributed by atoms with Gasteiger partial charge in [0.15, 0.2) is 0 Å². The van der Waals surface area contributed by atoms with Gasteiger partial charge in [0.1, 0.15) is 11.5 Å². The zero-order valence-electron chi connectivity index (χ0n) is 11.0. The highest BCUT2D eigenvalue weighted by molar-refractivity contribution is 9.10. The van der Waals surface area contributed by atoms with Gasteiger partial charge in [-0.25, -0.2) is 0 Å². The molecular formula is C15H16BrNO3. The number of nitrogens with one attached hydrogen (secondary N) is 1. The van der Waals surface area contributed by atoms with Gasteiger partial charge in [-0.15, -0.1) is 0 Å². The molecule has 0 spiro atoms. The van der Waals surface area contributed by atoms with Gasteiger partial charge < -0.3 is 14.5 Å². The molecule has 0 saturated carbocycles. The average molecular weight is 338 g/mol. The SMILES string of the molecule is O=C(CCCOc1ccc(Br)cc1)NCc1ccco1. The van der Waals surface area contributed by atoms with Crippen LogP contribution in [0.3, 0.4) is 0 Å². The molecule has 4 nitrogen and oxygen atoms in total. The Morgan fingerprint density at radius 1 is 1.25 bits per heavy atom. The van der Waals surface area contributed by atoms with Crippen molar-refractivity contribution in [3.63, 3.8) is 0 Å². The lowest BCUT2D eigenvalue weighted by Gasteiger charge is -2.06. The molecular weight excluding hydrogens is 322 g/mol. The Labute approximate surface area is 126 Å². The predicted octanol–water partition coefficient (Wildman–Crippen LogP) is 3.52. The van der Waals surface area contributed by atoms with Crippen LogP contribution < -0.4 is 10.1 Å². The van der Waals surface area contributed by atoms with Crippen molar-refractivity contribution in [2.45, 2.75) is 19.4 Å². The normalized spacial score (nSPS) is 10.2. The Balaban J connectivity index is 1.58. The number of halogens is 1. The van der Waals surface area contributed by atoms with Gasteiger partial charge in [0.2, 0.25) is 5.91 Å². The number of carbonyl (C=O) groups is 1. The van der Waals surface area contributed by atoms with Crippen molar-refractivity contribution in [2.24, 2.45) is 0 Å². The van der Waals surface area contributed by atoms with Crippen molar-refractivity contribution in [3.8, 4) is 5.75 Å². The van der Waals surface area contributed by atoms with E-state index in [0.29, 0.717) is 26.0 Å². The van der Waals surface area contributed by atoms with Crippen LogP contribution in [0.25, 0.3) is 0 Å². The molecule has 0 radical (unpaired) electrons. The minimum Gasteiger partial charge on any atom is -0.494 e. The fourth-order valence-electron chi connectivity index (χ4n) is 1.64. The Kier molecular flexibility index (Phi) is 5.68. The van der Waals surface area contributed by atoms with Crippen LogP contribution in [0, 0.1) is 0 Å². The van der Waals surface area contributed by atoms with Gasteiger partial charge in [-0.05, 0) is 42.8 Å². The third-order valence-corrected chi connectivity index (χ3v) is 3.20. The molecule has 2 rings (SSSR count). The summed E-state index contributed by atoms with van der Waals surface area (Å²) < 4.78 is 11.7. The summed E-state index contributed by atoms with van der Waals surface area (Å²) >= 11 is 3.36. The van der Waals surface area contributed by atoms with E-state index in [1.807, 2.05) is 30.3 Å². The van der Waals surface area contributed by atoms with Crippen molar-refractivity contribution >= 4 is 21.8 Å². The van der Waals surface area contributed by atoms with Crippen molar-refractivity contribution < 1.29 is 13.9 Å². The molecule has 106 valence electrons. The van der Waals surface area contributed by atoms with Crippen LogP contribution >= 0.6 is 15.9 Å². The van der Waals surface area contributed by atoms with Crippen LogP contribution in [0.5, 0.6) is 5.75 Å². The number of carbonyl (C=O) groups excluding carboxylic acids is 1. The highest BCUT2D eigenvalue weighted by atomic mass is 79.9. The number of rotatable bonds is 7. The molecule has 20 heavy (non-hydrogen) atoms. The molecule has 0 bridgehead atoms. The van der Waals surface area contributed by atoms with E-state index in [0.717, 1.165) is 16.0 Å². The molecule has 0 atom stereocenters. The van der Waals surface area contributed by atoms with Crippen LogP contribution in [-0.4, -0.2) is 12.5 Å². The summed E-state index contributed by atoms with van der Waals surface area (Å²) in [7, 11) is 0. The number of benzene rings is 1. The third kappa shape index (κ3) is 5.09. The van der Waals surface area contributed by atoms with Crippen molar-refractivity contribution in [1.82, 2.24) is 5.32 Å². The second-order valence-electron chi connectivity index (χ2n) is 4.26. The van der Waals surface area contributed by atoms with Crippen molar-refractivity contribution in [2.75, 3.05) is 6.61 Å². The number of ether oxygens (including phenoxy) is 1. The fourth-order valence-corrected chi connectivity index (χ4v) is 1.91. The Hall–Kier alpha value is -1.75. The van der Waals surface area contributed by atoms with E-state index in [4.69, 9.17) is 9.15 Å². The second kappa shape index (κ2) is 7.75. The van der Waals surface area contributed by atoms with Crippen LogP contribution in [0.2, 0.25) is 0 Å². The molecule has 0 aliphatic carbocycles. The summed E-state index contributed by atoms with van der Waals surface area (Å²) in [5, 5.41) is 2.80. The van der Waals surface area contributed by atoms with E-state index in [2.05, 4.69) is 21.2 Å². The largest absolute Gasteiger partial charge is 0.494 e. The topological polar surface area (TPSA) is 51.5 Å². The first-order valence-electron chi connectivity index (χ1n) is 6.41. The maximum atomic E-state index is 11.6. The number of furan rings is 1. The highest BCUT2D eigenvalue weighted by Crippen LogP contribution is 2.16. The van der Waals surface area contributed by atoms with E-state index >= 15 is 0 Å². The van der Waals surface area contributed by atoms with Gasteiger partial charge in [-0.2, -0.15) is 0 Å². The summed E-state index contributed by atoms with van der Waals surface area (Å²) in [5.74, 6) is 1.56. The van der Waals surface area contributed by atoms with E-state index in [9.17, 15) is 4.79 Å². The average Bonchev–Trinajstić information content (AvgIpc) is 2.96. The molecule has 0 fully saturated rings. The minimum absolute atomic E-state index is 0.000746. The second-order valence-corrected chi connectivity index (χ2v) is 5.18. The molecule has 0 aliphatic rings. The standard InChI is InChI=1S/C15H16BrNO3/c16-12-5-7-13(8-6-12)19-10-2-4-15(18)17-11-14-3-1-9-20-14/h1,3,5-9H,2,4,10-11H2,(H,17,18). The molecule has 0 saturated heterocycles. The quantitative estimate of drug-likeness (QED) is 0.786. The van der Waals surface area contributed by atoms with Crippen LogP contribution in [0.15, 0.2) is 51.6 Å². The molecule has 2 aromatic rings. The molecule has 0 aliphatic heterocycles. The smallest absolute Gasteiger partial charge is 0.220 e. The Morgan fingerprint density at radius 2 is 2.05 bits per heavy atom. The van der Waals surface area contributed by atoms with E-state index < -0.39 is 0 Å². The summed E-state index contributed by atoms with van der Waals surface area (Å²) in [6.07, 6.45) is 2.71. The van der Waals surface area contributed by atoms with Gasteiger partial charge in [-0.3, -0.25) is 4.79 Å². The molecule has 1 N–H and O–H groups in total. The van der Waals surface area contributed by atoms with Gasteiger partial charge >= 0.3 is 0 Å². The molecule has 5 heteroatoms. The minimum atomic E-state index is 0.000746. The Morgan fingerprint density at radius 3 is 2.75 bits per heavy atom. The lowest BCUT2D eigenvalue weighted by molar-refractivity contribution is -0.121. The molecule has 1 aromatic carbocycles. The van der Waals surface area contributed by atoms with Gasteiger partial charge in [0.25, 0.3) is 0 Å². The monoisotopic (exact) mass is 337 g/mol. The predicted molar refractivity (Wildman–Crippen MR) is 79.4 cm³/mol. The fraction of sp³-hybridized carbons (Fsp3) is 0.267. The van der Waals surface area contributed by atoms with Crippen LogP contribution in [0.1, 0.15) is 18.6 Å². The molecule has 1 aromatic heterocycles. The number of hydrogen-bond acceptors (Lipinski definition) is 3. The van der Waals surface area contributed by atoms with E-state index in [1.54, 1.807) is 12.3 Å². The molecule has 1 amide bonds. The number of amides is 1. The van der Waals surface area contributed by atoms with Crippen LogP contribution in [-0.2, 0) is 11.3 Å². The first-order chi connectivity index (χ1) is 9.74. The maximum Gasteiger partial charge on any atom is 0.220 e. The highest BCUT2D eigenvalue weighted by Gasteiger charge is 2.03. The Bertz CT molecular complexity index is 523. The summed E-state index contributed by atoms with van der Waals surface area (Å²) in [4.78, 5) is 11.6. The lowest BCUT2D eigenvalue weighted by Crippen LogP contribution is -2.22. The number of hydrogen-bond donors (Lipinski definition) is 1. The summed E-state index contributed by atoms with van der Waals surface area (Å²) in [5.41, 5.74) is 0. The zero-order valence-corrected chi connectivity index (χ0v) is 12.6. The van der Waals surface area contributed by atoms with Gasteiger partial charge in [-0.1, -0.05) is 15.9 Å². The summed E-state index contributed by atoms with van der Waals surface area (Å²) in [6, 6.07) is 11.3. The maximum absolute atomic E-state index is 11.6. The first kappa shape index (κ1) is 14.7. The van der Waals surface area contributed by atoms with Crippen molar-refractivity contribution in [3.05, 3.63) is 52.9 Å². The van der Waals surface area contributed by atoms with Crippen LogP contribution in [0.4, 0.5) is 0 Å². The van der Waals surface area contributed by atoms with E-state index in [1.165, 1.54) is 0 Å². The van der Waals surface area contributed by atoms with Crippen molar-refractivity contribution in [1.29, 1.82) is 0 Å². The van der Waals surface area contributed by atoms with Gasteiger partial charge in [0, 0.05) is 10.9 Å². The van der Waals surface area contributed by atoms with Gasteiger partial charge in [0.05, 0.1) is 19.4 Å². The zero-order chi connectivity index (χ0) is 14.2. The van der Waals surface area contributed by atoms with E-state index in [-0.39, 0.29) is 5.91 Å².